The maximum atomic E-state index is 11.9. The molecule has 0 aromatic heterocycles. The Kier molecular flexibility index (Phi) is 5.95. The molecule has 0 aliphatic carbocycles. The molecule has 22 heavy (non-hydrogen) atoms. The number of hydrogen-bond acceptors (Lipinski definition) is 3. The van der Waals surface area contributed by atoms with Crippen molar-refractivity contribution in [3.05, 3.63) is 63.1 Å². The highest BCUT2D eigenvalue weighted by Crippen LogP contribution is 2.34. The zero-order chi connectivity index (χ0) is 16.1. The van der Waals surface area contributed by atoms with Gasteiger partial charge in [0.15, 0.2) is 6.10 Å². The van der Waals surface area contributed by atoms with Crippen molar-refractivity contribution in [2.75, 3.05) is 0 Å². The summed E-state index contributed by atoms with van der Waals surface area (Å²) in [5, 5.41) is 0.890. The Morgan fingerprint density at radius 3 is 2.36 bits per heavy atom. The van der Waals surface area contributed by atoms with Crippen LogP contribution in [0.3, 0.4) is 0 Å². The third-order valence-corrected chi connectivity index (χ3v) is 3.85. The van der Waals surface area contributed by atoms with E-state index in [1.165, 1.54) is 12.1 Å². The molecule has 0 aliphatic heterocycles. The number of carbonyl (C=O) groups is 1. The number of rotatable bonds is 5. The Morgan fingerprint density at radius 1 is 1.05 bits per heavy atom. The topological polar surface area (TPSA) is 35.5 Å². The Morgan fingerprint density at radius 2 is 1.68 bits per heavy atom. The average molecular weight is 360 g/mol. The Labute approximate surface area is 143 Å². The first kappa shape index (κ1) is 16.9. The van der Waals surface area contributed by atoms with Gasteiger partial charge in [0.05, 0.1) is 15.1 Å². The van der Waals surface area contributed by atoms with Crippen LogP contribution < -0.4 is 4.74 Å². The van der Waals surface area contributed by atoms with Crippen LogP contribution in [0.15, 0.2) is 42.5 Å². The molecule has 1 atom stereocenters. The zero-order valence-corrected chi connectivity index (χ0v) is 14.0. The molecule has 0 aliphatic rings. The van der Waals surface area contributed by atoms with E-state index < -0.39 is 12.1 Å². The van der Waals surface area contributed by atoms with Gasteiger partial charge < -0.3 is 9.47 Å². The molecule has 6 heteroatoms. The summed E-state index contributed by atoms with van der Waals surface area (Å²) in [5.41, 5.74) is 0.899. The van der Waals surface area contributed by atoms with E-state index >= 15 is 0 Å². The van der Waals surface area contributed by atoms with E-state index in [0.29, 0.717) is 10.0 Å². The van der Waals surface area contributed by atoms with Gasteiger partial charge in [-0.15, -0.1) is 0 Å². The lowest BCUT2D eigenvalue weighted by Crippen LogP contribution is -2.26. The molecule has 0 fully saturated rings. The van der Waals surface area contributed by atoms with Crippen LogP contribution >= 0.6 is 34.8 Å². The van der Waals surface area contributed by atoms with Gasteiger partial charge in [-0.1, -0.05) is 65.1 Å². The van der Waals surface area contributed by atoms with E-state index in [4.69, 9.17) is 44.3 Å². The molecule has 0 bridgehead atoms. The van der Waals surface area contributed by atoms with Gasteiger partial charge in [0.2, 0.25) is 0 Å². The standard InChI is InChI=1S/C16H13Cl3O3/c1-10(16(20)21-9-11-5-3-2-4-6-11)22-15-8-13(18)12(17)7-14(15)19/h2-8,10H,9H2,1H3. The number of carbonyl (C=O) groups excluding carboxylic acids is 1. The minimum absolute atomic E-state index is 0.183. The van der Waals surface area contributed by atoms with Crippen LogP contribution in [-0.4, -0.2) is 12.1 Å². The molecule has 0 saturated carbocycles. The number of halogens is 3. The van der Waals surface area contributed by atoms with Crippen molar-refractivity contribution in [3.8, 4) is 5.75 Å². The van der Waals surface area contributed by atoms with E-state index in [2.05, 4.69) is 0 Å². The fourth-order valence-corrected chi connectivity index (χ4v) is 2.26. The molecule has 0 radical (unpaired) electrons. The van der Waals surface area contributed by atoms with Crippen LogP contribution in [0, 0.1) is 0 Å². The maximum absolute atomic E-state index is 11.9. The average Bonchev–Trinajstić information content (AvgIpc) is 2.51. The predicted molar refractivity (Wildman–Crippen MR) is 87.8 cm³/mol. The van der Waals surface area contributed by atoms with E-state index in [1.807, 2.05) is 30.3 Å². The second-order valence-electron chi connectivity index (χ2n) is 4.55. The van der Waals surface area contributed by atoms with Gasteiger partial charge in [-0.25, -0.2) is 4.79 Å². The van der Waals surface area contributed by atoms with E-state index in [0.717, 1.165) is 5.56 Å². The lowest BCUT2D eigenvalue weighted by Gasteiger charge is -2.15. The van der Waals surface area contributed by atoms with Crippen LogP contribution in [-0.2, 0) is 16.1 Å². The summed E-state index contributed by atoms with van der Waals surface area (Å²) in [6.07, 6.45) is -0.821. The summed E-state index contributed by atoms with van der Waals surface area (Å²) in [4.78, 5) is 11.9. The minimum atomic E-state index is -0.821. The van der Waals surface area contributed by atoms with Gasteiger partial charge in [0.25, 0.3) is 0 Å². The molecule has 116 valence electrons. The van der Waals surface area contributed by atoms with Gasteiger partial charge in [-0.3, -0.25) is 0 Å². The van der Waals surface area contributed by atoms with Crippen molar-refractivity contribution in [1.29, 1.82) is 0 Å². The molecule has 3 nitrogen and oxygen atoms in total. The summed E-state index contributed by atoms with van der Waals surface area (Å²) in [5.74, 6) is -0.216. The summed E-state index contributed by atoms with van der Waals surface area (Å²) in [6.45, 7) is 1.76. The maximum Gasteiger partial charge on any atom is 0.347 e. The van der Waals surface area contributed by atoms with Gasteiger partial charge in [-0.2, -0.15) is 0 Å². The summed E-state index contributed by atoms with van der Waals surface area (Å²) in [6, 6.07) is 12.3. The van der Waals surface area contributed by atoms with Gasteiger partial charge in [0, 0.05) is 6.07 Å². The third-order valence-electron chi connectivity index (χ3n) is 2.83. The first-order valence-electron chi connectivity index (χ1n) is 6.49. The highest BCUT2D eigenvalue weighted by Gasteiger charge is 2.18. The molecule has 0 spiro atoms. The smallest absolute Gasteiger partial charge is 0.347 e. The van der Waals surface area contributed by atoms with E-state index in [9.17, 15) is 4.79 Å². The summed E-state index contributed by atoms with van der Waals surface area (Å²) < 4.78 is 10.7. The molecular formula is C16H13Cl3O3. The molecular weight excluding hydrogens is 347 g/mol. The van der Waals surface area contributed by atoms with Gasteiger partial charge in [-0.05, 0) is 18.6 Å². The molecule has 0 N–H and O–H groups in total. The SMILES string of the molecule is CC(Oc1cc(Cl)c(Cl)cc1Cl)C(=O)OCc1ccccc1. The number of ether oxygens (including phenoxy) is 2. The number of benzene rings is 2. The molecule has 0 amide bonds. The second-order valence-corrected chi connectivity index (χ2v) is 5.77. The van der Waals surface area contributed by atoms with Crippen molar-refractivity contribution >= 4 is 40.8 Å². The Hall–Kier alpha value is -1.42. The van der Waals surface area contributed by atoms with E-state index in [-0.39, 0.29) is 17.4 Å². The van der Waals surface area contributed by atoms with Crippen molar-refractivity contribution < 1.29 is 14.3 Å². The molecule has 1 unspecified atom stereocenters. The first-order valence-corrected chi connectivity index (χ1v) is 7.62. The highest BCUT2D eigenvalue weighted by atomic mass is 35.5. The fraction of sp³-hybridized carbons (Fsp3) is 0.188. The molecule has 2 aromatic carbocycles. The van der Waals surface area contributed by atoms with Crippen LogP contribution in [0.25, 0.3) is 0 Å². The Balaban J connectivity index is 1.95. The van der Waals surface area contributed by atoms with Crippen LogP contribution in [0.2, 0.25) is 15.1 Å². The third kappa shape index (κ3) is 4.54. The number of hydrogen-bond donors (Lipinski definition) is 0. The van der Waals surface area contributed by atoms with Gasteiger partial charge >= 0.3 is 5.97 Å². The normalized spacial score (nSPS) is 11.8. The van der Waals surface area contributed by atoms with Crippen LogP contribution in [0.1, 0.15) is 12.5 Å². The Bertz CT molecular complexity index is 659. The molecule has 2 rings (SSSR count). The number of esters is 1. The molecule has 2 aromatic rings. The van der Waals surface area contributed by atoms with Gasteiger partial charge in [0.1, 0.15) is 12.4 Å². The van der Waals surface area contributed by atoms with Crippen LogP contribution in [0.5, 0.6) is 5.75 Å². The van der Waals surface area contributed by atoms with Crippen molar-refractivity contribution in [2.24, 2.45) is 0 Å². The lowest BCUT2D eigenvalue weighted by molar-refractivity contribution is -0.152. The zero-order valence-electron chi connectivity index (χ0n) is 11.7. The largest absolute Gasteiger partial charge is 0.477 e. The van der Waals surface area contributed by atoms with Crippen molar-refractivity contribution in [3.63, 3.8) is 0 Å². The minimum Gasteiger partial charge on any atom is -0.477 e. The molecule has 0 saturated heterocycles. The molecule has 0 heterocycles. The predicted octanol–water partition coefficient (Wildman–Crippen LogP) is 5.16. The van der Waals surface area contributed by atoms with Crippen molar-refractivity contribution in [1.82, 2.24) is 0 Å². The summed E-state index contributed by atoms with van der Waals surface area (Å²) >= 11 is 17.7. The second kappa shape index (κ2) is 7.73. The summed E-state index contributed by atoms with van der Waals surface area (Å²) in [7, 11) is 0. The lowest BCUT2D eigenvalue weighted by atomic mass is 10.2. The monoisotopic (exact) mass is 358 g/mol. The quantitative estimate of drug-likeness (QED) is 0.546. The van der Waals surface area contributed by atoms with Crippen molar-refractivity contribution in [2.45, 2.75) is 19.6 Å². The van der Waals surface area contributed by atoms with E-state index in [1.54, 1.807) is 6.92 Å². The van der Waals surface area contributed by atoms with Crippen LogP contribution in [0.4, 0.5) is 0 Å². The first-order chi connectivity index (χ1) is 10.5. The highest BCUT2D eigenvalue weighted by molar-refractivity contribution is 6.43. The fourth-order valence-electron chi connectivity index (χ4n) is 1.68.